The molecule has 0 unspecified atom stereocenters. The average Bonchev–Trinajstić information content (AvgIpc) is 2.41. The van der Waals surface area contributed by atoms with E-state index >= 15 is 0 Å². The number of nitrogens with zero attached hydrogens (tertiary/aromatic N) is 1. The molecule has 0 saturated carbocycles. The lowest BCUT2D eigenvalue weighted by molar-refractivity contribution is -0.383. The number of nitrogens with two attached hydrogens (primary N) is 1. The third kappa shape index (κ3) is 2.64. The van der Waals surface area contributed by atoms with Crippen molar-refractivity contribution in [1.29, 1.82) is 0 Å². The highest BCUT2D eigenvalue weighted by molar-refractivity contribution is 5.79. The van der Waals surface area contributed by atoms with Crippen molar-refractivity contribution in [2.45, 2.75) is 0 Å². The molecule has 0 aromatic heterocycles. The number of hydrogen-bond donors (Lipinski definition) is 3. The van der Waals surface area contributed by atoms with Gasteiger partial charge in [0.15, 0.2) is 0 Å². The lowest BCUT2D eigenvalue weighted by Gasteiger charge is -2.10. The van der Waals surface area contributed by atoms with Gasteiger partial charge in [-0.3, -0.25) is 16.0 Å². The first-order valence-electron chi connectivity index (χ1n) is 5.49. The van der Waals surface area contributed by atoms with Gasteiger partial charge >= 0.3 is 5.69 Å². The molecule has 4 N–H and O–H groups in total. The molecule has 0 amide bonds. The zero-order valence-electron chi connectivity index (χ0n) is 10.1. The monoisotopic (exact) mass is 280 g/mol. The normalized spacial score (nSPS) is 10.2. The molecule has 0 radical (unpaired) electrons. The molecular formula is C12H10F2N4O2. The molecule has 0 aliphatic carbocycles. The molecule has 6 nitrogen and oxygen atoms in total. The van der Waals surface area contributed by atoms with Gasteiger partial charge in [0.1, 0.15) is 23.0 Å². The summed E-state index contributed by atoms with van der Waals surface area (Å²) >= 11 is 0. The predicted molar refractivity (Wildman–Crippen MR) is 70.5 cm³/mol. The van der Waals surface area contributed by atoms with E-state index in [4.69, 9.17) is 5.84 Å². The largest absolute Gasteiger partial charge is 0.347 e. The molecule has 0 saturated heterocycles. The minimum Gasteiger partial charge on any atom is -0.347 e. The standard InChI is InChI=1S/C12H10F2N4O2/c13-7-4-5-9(8(14)6-7)16-10-2-1-3-11(17-15)12(10)18(19)20/h1-6,16-17H,15H2. The number of nitro groups is 1. The fourth-order valence-electron chi connectivity index (χ4n) is 1.69. The summed E-state index contributed by atoms with van der Waals surface area (Å²) in [6.45, 7) is 0. The van der Waals surface area contributed by atoms with Crippen LogP contribution in [0.1, 0.15) is 0 Å². The van der Waals surface area contributed by atoms with Gasteiger partial charge in [-0.1, -0.05) is 6.07 Å². The Labute approximate surface area is 112 Å². The van der Waals surface area contributed by atoms with Gasteiger partial charge in [-0.25, -0.2) is 8.78 Å². The first kappa shape index (κ1) is 13.7. The molecule has 0 aliphatic heterocycles. The summed E-state index contributed by atoms with van der Waals surface area (Å²) < 4.78 is 26.3. The van der Waals surface area contributed by atoms with Crippen molar-refractivity contribution < 1.29 is 13.7 Å². The topological polar surface area (TPSA) is 93.2 Å². The van der Waals surface area contributed by atoms with Crippen molar-refractivity contribution >= 4 is 22.7 Å². The molecule has 2 aromatic carbocycles. The van der Waals surface area contributed by atoms with Crippen LogP contribution in [0.2, 0.25) is 0 Å². The summed E-state index contributed by atoms with van der Waals surface area (Å²) in [5.41, 5.74) is 1.89. The average molecular weight is 280 g/mol. The molecule has 2 rings (SSSR count). The minimum atomic E-state index is -0.856. The van der Waals surface area contributed by atoms with E-state index in [-0.39, 0.29) is 22.7 Å². The van der Waals surface area contributed by atoms with E-state index in [1.165, 1.54) is 18.2 Å². The predicted octanol–water partition coefficient (Wildman–Crippen LogP) is 2.90. The summed E-state index contributed by atoms with van der Waals surface area (Å²) in [7, 11) is 0. The van der Waals surface area contributed by atoms with Crippen LogP contribution in [0.5, 0.6) is 0 Å². The lowest BCUT2D eigenvalue weighted by atomic mass is 10.2. The smallest absolute Gasteiger partial charge is 0.316 e. The van der Waals surface area contributed by atoms with E-state index in [1.807, 2.05) is 0 Å². The second-order valence-corrected chi connectivity index (χ2v) is 3.85. The summed E-state index contributed by atoms with van der Waals surface area (Å²) in [4.78, 5) is 10.4. The Hall–Kier alpha value is -2.74. The molecular weight excluding hydrogens is 270 g/mol. The Kier molecular flexibility index (Phi) is 3.76. The molecule has 20 heavy (non-hydrogen) atoms. The third-order valence-electron chi connectivity index (χ3n) is 2.57. The number of hydrogen-bond acceptors (Lipinski definition) is 5. The van der Waals surface area contributed by atoms with Crippen LogP contribution in [-0.4, -0.2) is 4.92 Å². The molecule has 8 heteroatoms. The lowest BCUT2D eigenvalue weighted by Crippen LogP contribution is -2.10. The third-order valence-corrected chi connectivity index (χ3v) is 2.57. The maximum Gasteiger partial charge on any atom is 0.316 e. The van der Waals surface area contributed by atoms with Gasteiger partial charge in [-0.15, -0.1) is 0 Å². The summed E-state index contributed by atoms with van der Waals surface area (Å²) in [5, 5.41) is 13.6. The molecule has 0 heterocycles. The van der Waals surface area contributed by atoms with Gasteiger partial charge in [0.2, 0.25) is 0 Å². The van der Waals surface area contributed by atoms with Crippen molar-refractivity contribution in [3.8, 4) is 0 Å². The first-order valence-corrected chi connectivity index (χ1v) is 5.49. The summed E-state index contributed by atoms with van der Waals surface area (Å²) in [6, 6.07) is 7.18. The number of nitro benzene ring substituents is 1. The second kappa shape index (κ2) is 5.49. The fourth-order valence-corrected chi connectivity index (χ4v) is 1.69. The van der Waals surface area contributed by atoms with E-state index in [2.05, 4.69) is 10.7 Å². The fraction of sp³-hybridized carbons (Fsp3) is 0. The molecule has 2 aromatic rings. The molecule has 0 aliphatic rings. The zero-order chi connectivity index (χ0) is 14.7. The number of benzene rings is 2. The number of rotatable bonds is 4. The zero-order valence-corrected chi connectivity index (χ0v) is 10.1. The van der Waals surface area contributed by atoms with Crippen molar-refractivity contribution in [3.63, 3.8) is 0 Å². The van der Waals surface area contributed by atoms with E-state index in [1.54, 1.807) is 0 Å². The van der Waals surface area contributed by atoms with Crippen LogP contribution in [0.15, 0.2) is 36.4 Å². The van der Waals surface area contributed by atoms with Gasteiger partial charge in [0.05, 0.1) is 10.6 Å². The van der Waals surface area contributed by atoms with Crippen LogP contribution in [0.4, 0.5) is 31.5 Å². The molecule has 0 atom stereocenters. The van der Waals surface area contributed by atoms with Crippen molar-refractivity contribution in [2.75, 3.05) is 10.7 Å². The number of para-hydroxylation sites is 1. The first-order chi connectivity index (χ1) is 9.52. The Balaban J connectivity index is 2.45. The van der Waals surface area contributed by atoms with E-state index < -0.39 is 16.6 Å². The summed E-state index contributed by atoms with van der Waals surface area (Å²) in [5.74, 6) is 3.60. The Morgan fingerprint density at radius 3 is 2.40 bits per heavy atom. The Bertz CT molecular complexity index is 664. The van der Waals surface area contributed by atoms with Gasteiger partial charge < -0.3 is 10.7 Å². The van der Waals surface area contributed by atoms with Crippen LogP contribution in [0, 0.1) is 21.7 Å². The van der Waals surface area contributed by atoms with Crippen LogP contribution >= 0.6 is 0 Å². The van der Waals surface area contributed by atoms with Crippen LogP contribution < -0.4 is 16.6 Å². The van der Waals surface area contributed by atoms with E-state index in [0.29, 0.717) is 6.07 Å². The molecule has 0 bridgehead atoms. The number of hydrazine groups is 1. The molecule has 104 valence electrons. The highest BCUT2D eigenvalue weighted by Gasteiger charge is 2.20. The van der Waals surface area contributed by atoms with Crippen LogP contribution in [-0.2, 0) is 0 Å². The van der Waals surface area contributed by atoms with Gasteiger partial charge in [-0.05, 0) is 24.3 Å². The number of halogens is 2. The quantitative estimate of drug-likeness (QED) is 0.455. The minimum absolute atomic E-state index is 0.0379. The number of nitrogen functional groups attached to an aromatic ring is 1. The van der Waals surface area contributed by atoms with Crippen LogP contribution in [0.3, 0.4) is 0 Å². The van der Waals surface area contributed by atoms with Crippen molar-refractivity contribution in [2.24, 2.45) is 5.84 Å². The van der Waals surface area contributed by atoms with Crippen molar-refractivity contribution in [1.82, 2.24) is 0 Å². The Morgan fingerprint density at radius 2 is 1.80 bits per heavy atom. The molecule has 0 spiro atoms. The maximum atomic E-state index is 13.5. The second-order valence-electron chi connectivity index (χ2n) is 3.85. The highest BCUT2D eigenvalue weighted by Crippen LogP contribution is 2.34. The van der Waals surface area contributed by atoms with Gasteiger partial charge in [-0.2, -0.15) is 0 Å². The van der Waals surface area contributed by atoms with Gasteiger partial charge in [0.25, 0.3) is 0 Å². The maximum absolute atomic E-state index is 13.5. The van der Waals surface area contributed by atoms with E-state index in [9.17, 15) is 18.9 Å². The van der Waals surface area contributed by atoms with Crippen LogP contribution in [0.25, 0.3) is 0 Å². The highest BCUT2D eigenvalue weighted by atomic mass is 19.1. The van der Waals surface area contributed by atoms with E-state index in [0.717, 1.165) is 12.1 Å². The molecule has 0 fully saturated rings. The van der Waals surface area contributed by atoms with Gasteiger partial charge in [0, 0.05) is 6.07 Å². The number of nitrogens with one attached hydrogen (secondary N) is 2. The Morgan fingerprint density at radius 1 is 1.10 bits per heavy atom. The SMILES string of the molecule is NNc1cccc(Nc2ccc(F)cc2F)c1[N+](=O)[O-]. The number of anilines is 3. The van der Waals surface area contributed by atoms with Crippen molar-refractivity contribution in [3.05, 3.63) is 58.1 Å². The summed E-state index contributed by atoms with van der Waals surface area (Å²) in [6.07, 6.45) is 0.